The minimum atomic E-state index is -0.974. The van der Waals surface area contributed by atoms with E-state index in [0.29, 0.717) is 12.3 Å². The van der Waals surface area contributed by atoms with Crippen LogP contribution in [0.2, 0.25) is 0 Å². The molecular weight excluding hydrogens is 332 g/mol. The maximum absolute atomic E-state index is 13.2. The van der Waals surface area contributed by atoms with Crippen molar-refractivity contribution in [3.63, 3.8) is 0 Å². The number of thiazole rings is 1. The van der Waals surface area contributed by atoms with Gasteiger partial charge in [0.2, 0.25) is 5.91 Å². The van der Waals surface area contributed by atoms with Gasteiger partial charge in [0.05, 0.1) is 5.69 Å². The fourth-order valence-corrected chi connectivity index (χ4v) is 3.56. The fourth-order valence-electron chi connectivity index (χ4n) is 2.64. The Bertz CT molecular complexity index is 914. The number of rotatable bonds is 5. The Labute approximate surface area is 141 Å². The van der Waals surface area contributed by atoms with Gasteiger partial charge in [-0.3, -0.25) is 9.20 Å². The van der Waals surface area contributed by atoms with E-state index in [-0.39, 0.29) is 18.0 Å². The van der Waals surface area contributed by atoms with Gasteiger partial charge in [0.25, 0.3) is 0 Å². The summed E-state index contributed by atoms with van der Waals surface area (Å²) in [5.41, 5.74) is 2.43. The first kappa shape index (κ1) is 15.3. The van der Waals surface area contributed by atoms with Crippen LogP contribution in [-0.4, -0.2) is 15.3 Å². The molecule has 1 amide bonds. The number of benzene rings is 1. The molecule has 2 aromatic heterocycles. The molecule has 124 valence electrons. The molecule has 1 aliphatic rings. The van der Waals surface area contributed by atoms with Crippen LogP contribution in [0.1, 0.15) is 36.6 Å². The maximum atomic E-state index is 13.2. The van der Waals surface area contributed by atoms with E-state index >= 15 is 0 Å². The third-order valence-electron chi connectivity index (χ3n) is 4.11. The van der Waals surface area contributed by atoms with E-state index in [2.05, 4.69) is 16.5 Å². The molecule has 4 nitrogen and oxygen atoms in total. The summed E-state index contributed by atoms with van der Waals surface area (Å²) in [6, 6.07) is 3.32. The molecule has 4 rings (SSSR count). The molecule has 0 saturated heterocycles. The largest absolute Gasteiger partial charge is 0.326 e. The molecule has 0 radical (unpaired) electrons. The van der Waals surface area contributed by atoms with Crippen molar-refractivity contribution in [3.05, 3.63) is 52.8 Å². The normalized spacial score (nSPS) is 14.2. The monoisotopic (exact) mass is 347 g/mol. The summed E-state index contributed by atoms with van der Waals surface area (Å²) in [6.07, 6.45) is 5.30. The van der Waals surface area contributed by atoms with Gasteiger partial charge in [-0.15, -0.1) is 11.3 Å². The van der Waals surface area contributed by atoms with Crippen LogP contribution in [-0.2, 0) is 11.2 Å². The highest BCUT2D eigenvalue weighted by Crippen LogP contribution is 2.40. The smallest absolute Gasteiger partial charge is 0.224 e. The first-order chi connectivity index (χ1) is 11.6. The molecule has 1 aromatic carbocycles. The molecule has 7 heteroatoms. The van der Waals surface area contributed by atoms with Gasteiger partial charge in [0.1, 0.15) is 0 Å². The number of anilines is 1. The Morgan fingerprint density at radius 1 is 1.33 bits per heavy atom. The molecule has 2 heterocycles. The molecule has 0 atom stereocenters. The molecule has 0 spiro atoms. The average Bonchev–Trinajstić information content (AvgIpc) is 3.20. The molecule has 24 heavy (non-hydrogen) atoms. The van der Waals surface area contributed by atoms with Gasteiger partial charge in [-0.1, -0.05) is 0 Å². The summed E-state index contributed by atoms with van der Waals surface area (Å²) in [5, 5.41) is 4.59. The number of hydrogen-bond donors (Lipinski definition) is 1. The summed E-state index contributed by atoms with van der Waals surface area (Å²) in [4.78, 5) is 17.6. The Kier molecular flexibility index (Phi) is 3.80. The molecular formula is C17H15F2N3OS. The van der Waals surface area contributed by atoms with E-state index < -0.39 is 11.6 Å². The minimum absolute atomic E-state index is 0.233. The number of aryl methyl sites for hydroxylation is 1. The first-order valence-corrected chi connectivity index (χ1v) is 8.68. The maximum Gasteiger partial charge on any atom is 0.224 e. The number of fused-ring (bicyclic) bond motifs is 1. The van der Waals surface area contributed by atoms with Crippen LogP contribution in [0.25, 0.3) is 4.96 Å². The van der Waals surface area contributed by atoms with E-state index in [1.165, 1.54) is 18.9 Å². The number of carbonyl (C=O) groups is 1. The predicted octanol–water partition coefficient (Wildman–Crippen LogP) is 4.12. The summed E-state index contributed by atoms with van der Waals surface area (Å²) < 4.78 is 28.1. The van der Waals surface area contributed by atoms with Crippen LogP contribution in [0.3, 0.4) is 0 Å². The van der Waals surface area contributed by atoms with Gasteiger partial charge < -0.3 is 5.32 Å². The molecule has 1 saturated carbocycles. The summed E-state index contributed by atoms with van der Waals surface area (Å²) in [5.74, 6) is -1.54. The summed E-state index contributed by atoms with van der Waals surface area (Å²) in [7, 11) is 0. The number of imidazole rings is 1. The van der Waals surface area contributed by atoms with Crippen LogP contribution in [0.15, 0.2) is 29.8 Å². The topological polar surface area (TPSA) is 46.4 Å². The SMILES string of the molecule is O=C(CCc1csc2nc(C3CC3)cn12)Nc1ccc(F)c(F)c1. The number of halogens is 2. The first-order valence-electron chi connectivity index (χ1n) is 7.80. The highest BCUT2D eigenvalue weighted by molar-refractivity contribution is 7.15. The molecule has 1 fully saturated rings. The second-order valence-electron chi connectivity index (χ2n) is 6.00. The molecule has 0 aliphatic heterocycles. The van der Waals surface area contributed by atoms with Crippen molar-refractivity contribution >= 4 is 27.9 Å². The third kappa shape index (κ3) is 3.03. The summed E-state index contributed by atoms with van der Waals surface area (Å²) >= 11 is 1.57. The van der Waals surface area contributed by atoms with Crippen molar-refractivity contribution in [2.24, 2.45) is 0 Å². The number of aromatic nitrogens is 2. The second-order valence-corrected chi connectivity index (χ2v) is 6.83. The lowest BCUT2D eigenvalue weighted by atomic mass is 10.2. The molecule has 0 bridgehead atoms. The molecule has 3 aromatic rings. The van der Waals surface area contributed by atoms with Crippen molar-refractivity contribution in [2.45, 2.75) is 31.6 Å². The molecule has 1 N–H and O–H groups in total. The van der Waals surface area contributed by atoms with Crippen LogP contribution in [0, 0.1) is 11.6 Å². The zero-order chi connectivity index (χ0) is 16.7. The lowest BCUT2D eigenvalue weighted by Gasteiger charge is -2.05. The number of nitrogens with zero attached hydrogens (tertiary/aromatic N) is 2. The Balaban J connectivity index is 1.40. The van der Waals surface area contributed by atoms with Gasteiger partial charge in [-0.2, -0.15) is 0 Å². The van der Waals surface area contributed by atoms with E-state index in [4.69, 9.17) is 0 Å². The number of amides is 1. The minimum Gasteiger partial charge on any atom is -0.326 e. The Hall–Kier alpha value is -2.28. The standard InChI is InChI=1S/C17H15F2N3OS/c18-13-5-3-11(7-14(13)19)20-16(23)6-4-12-9-24-17-21-15(8-22(12)17)10-1-2-10/h3,5,7-10H,1-2,4,6H2,(H,20,23). The zero-order valence-electron chi connectivity index (χ0n) is 12.8. The average molecular weight is 347 g/mol. The van der Waals surface area contributed by atoms with Gasteiger partial charge in [-0.25, -0.2) is 13.8 Å². The quantitative estimate of drug-likeness (QED) is 0.754. The number of hydrogen-bond acceptors (Lipinski definition) is 3. The van der Waals surface area contributed by atoms with Crippen LogP contribution in [0.5, 0.6) is 0 Å². The Morgan fingerprint density at radius 3 is 2.92 bits per heavy atom. The lowest BCUT2D eigenvalue weighted by Crippen LogP contribution is -2.13. The zero-order valence-corrected chi connectivity index (χ0v) is 13.6. The van der Waals surface area contributed by atoms with E-state index in [1.807, 2.05) is 9.78 Å². The molecule has 0 unspecified atom stereocenters. The van der Waals surface area contributed by atoms with Gasteiger partial charge in [-0.05, 0) is 31.4 Å². The third-order valence-corrected chi connectivity index (χ3v) is 5.00. The second kappa shape index (κ2) is 5.98. The van der Waals surface area contributed by atoms with Gasteiger partial charge >= 0.3 is 0 Å². The van der Waals surface area contributed by atoms with E-state index in [9.17, 15) is 13.6 Å². The van der Waals surface area contributed by atoms with Gasteiger partial charge in [0, 0.05) is 41.4 Å². The van der Waals surface area contributed by atoms with Crippen molar-refractivity contribution in [1.29, 1.82) is 0 Å². The van der Waals surface area contributed by atoms with Gasteiger partial charge in [0.15, 0.2) is 16.6 Å². The van der Waals surface area contributed by atoms with E-state index in [0.717, 1.165) is 28.5 Å². The Morgan fingerprint density at radius 2 is 2.17 bits per heavy atom. The van der Waals surface area contributed by atoms with E-state index in [1.54, 1.807) is 11.3 Å². The van der Waals surface area contributed by atoms with Crippen LogP contribution >= 0.6 is 11.3 Å². The predicted molar refractivity (Wildman–Crippen MR) is 88.4 cm³/mol. The lowest BCUT2D eigenvalue weighted by molar-refractivity contribution is -0.116. The fraction of sp³-hybridized carbons (Fsp3) is 0.294. The van der Waals surface area contributed by atoms with Crippen molar-refractivity contribution in [2.75, 3.05) is 5.32 Å². The molecule has 1 aliphatic carbocycles. The highest BCUT2D eigenvalue weighted by Gasteiger charge is 2.26. The van der Waals surface area contributed by atoms with Crippen LogP contribution in [0.4, 0.5) is 14.5 Å². The summed E-state index contributed by atoms with van der Waals surface area (Å²) in [6.45, 7) is 0. The van der Waals surface area contributed by atoms with Crippen molar-refractivity contribution in [3.8, 4) is 0 Å². The van der Waals surface area contributed by atoms with Crippen molar-refractivity contribution in [1.82, 2.24) is 9.38 Å². The number of nitrogens with one attached hydrogen (secondary N) is 1. The van der Waals surface area contributed by atoms with Crippen LogP contribution < -0.4 is 5.32 Å². The highest BCUT2D eigenvalue weighted by atomic mass is 32.1. The number of carbonyl (C=O) groups excluding carboxylic acids is 1. The van der Waals surface area contributed by atoms with Crippen molar-refractivity contribution < 1.29 is 13.6 Å².